The van der Waals surface area contributed by atoms with Crippen molar-refractivity contribution in [3.8, 4) is 11.3 Å². The number of non-ortho nitro benzene ring substituents is 1. The summed E-state index contributed by atoms with van der Waals surface area (Å²) in [6.45, 7) is -0.419. The number of benzene rings is 3. The molecular formula is C26H17N3O6S. The molecule has 1 aromatic heterocycles. The molecule has 0 saturated carbocycles. The first-order valence-electron chi connectivity index (χ1n) is 10.8. The Morgan fingerprint density at radius 2 is 1.75 bits per heavy atom. The fraction of sp³-hybridized carbons (Fsp3) is 0.0385. The Kier molecular flexibility index (Phi) is 6.09. The molecule has 4 aromatic rings. The molecule has 0 spiro atoms. The number of anilines is 1. The van der Waals surface area contributed by atoms with Gasteiger partial charge in [0.15, 0.2) is 0 Å². The van der Waals surface area contributed by atoms with Crippen LogP contribution in [-0.2, 0) is 9.59 Å². The van der Waals surface area contributed by atoms with Crippen LogP contribution in [0.25, 0.3) is 28.2 Å². The van der Waals surface area contributed by atoms with Crippen molar-refractivity contribution in [2.24, 2.45) is 0 Å². The van der Waals surface area contributed by atoms with Crippen LogP contribution in [0.4, 0.5) is 16.2 Å². The van der Waals surface area contributed by atoms with Crippen molar-refractivity contribution in [2.75, 3.05) is 11.9 Å². The molecule has 1 aliphatic heterocycles. The molecule has 3 aromatic carbocycles. The number of rotatable bonds is 6. The van der Waals surface area contributed by atoms with Gasteiger partial charge in [-0.15, -0.1) is 0 Å². The van der Waals surface area contributed by atoms with E-state index < -0.39 is 28.5 Å². The minimum atomic E-state index is -0.591. The molecule has 36 heavy (non-hydrogen) atoms. The third-order valence-corrected chi connectivity index (χ3v) is 6.41. The molecule has 1 aliphatic rings. The van der Waals surface area contributed by atoms with E-state index in [1.807, 2.05) is 36.4 Å². The smallest absolute Gasteiger partial charge is 0.294 e. The van der Waals surface area contributed by atoms with Crippen molar-refractivity contribution in [3.63, 3.8) is 0 Å². The van der Waals surface area contributed by atoms with Crippen molar-refractivity contribution in [2.45, 2.75) is 0 Å². The summed E-state index contributed by atoms with van der Waals surface area (Å²) in [4.78, 5) is 49.3. The van der Waals surface area contributed by atoms with E-state index in [9.17, 15) is 24.5 Å². The number of imide groups is 1. The number of carbonyl (C=O) groups excluding carboxylic acids is 3. The van der Waals surface area contributed by atoms with Gasteiger partial charge in [-0.3, -0.25) is 29.4 Å². The van der Waals surface area contributed by atoms with Gasteiger partial charge in [0.2, 0.25) is 5.91 Å². The van der Waals surface area contributed by atoms with Crippen molar-refractivity contribution in [3.05, 3.63) is 99.6 Å². The number of hydrogen-bond acceptors (Lipinski definition) is 7. The van der Waals surface area contributed by atoms with Crippen LogP contribution in [0.2, 0.25) is 0 Å². The van der Waals surface area contributed by atoms with Crippen molar-refractivity contribution >= 4 is 57.0 Å². The maximum absolute atomic E-state index is 12.8. The Bertz CT molecular complexity index is 1550. The molecule has 178 valence electrons. The summed E-state index contributed by atoms with van der Waals surface area (Å²) in [6.07, 6.45) is 1.43. The van der Waals surface area contributed by atoms with E-state index in [1.54, 1.807) is 30.3 Å². The average Bonchev–Trinajstić information content (AvgIpc) is 3.44. The number of nitro groups is 1. The van der Waals surface area contributed by atoms with Crippen LogP contribution in [0.1, 0.15) is 5.76 Å². The van der Waals surface area contributed by atoms with Crippen molar-refractivity contribution < 1.29 is 23.7 Å². The summed E-state index contributed by atoms with van der Waals surface area (Å²) < 4.78 is 5.73. The predicted octanol–water partition coefficient (Wildman–Crippen LogP) is 5.68. The molecule has 9 nitrogen and oxygen atoms in total. The van der Waals surface area contributed by atoms with E-state index in [1.165, 1.54) is 18.2 Å². The van der Waals surface area contributed by atoms with Crippen LogP contribution in [0.5, 0.6) is 0 Å². The van der Waals surface area contributed by atoms with Gasteiger partial charge in [0.05, 0.1) is 9.83 Å². The Balaban J connectivity index is 1.28. The summed E-state index contributed by atoms with van der Waals surface area (Å²) in [5, 5.41) is 14.9. The van der Waals surface area contributed by atoms with Gasteiger partial charge in [0.25, 0.3) is 16.8 Å². The van der Waals surface area contributed by atoms with Gasteiger partial charge in [-0.1, -0.05) is 36.4 Å². The fourth-order valence-corrected chi connectivity index (χ4v) is 4.58. The first kappa shape index (κ1) is 23.1. The van der Waals surface area contributed by atoms with Crippen molar-refractivity contribution in [1.29, 1.82) is 0 Å². The van der Waals surface area contributed by atoms with Crippen LogP contribution in [0.15, 0.2) is 88.2 Å². The largest absolute Gasteiger partial charge is 0.457 e. The highest BCUT2D eigenvalue weighted by atomic mass is 32.2. The number of fused-ring (bicyclic) bond motifs is 1. The summed E-state index contributed by atoms with van der Waals surface area (Å²) in [5.41, 5.74) is 1.18. The van der Waals surface area contributed by atoms with Gasteiger partial charge in [0, 0.05) is 34.8 Å². The van der Waals surface area contributed by atoms with Gasteiger partial charge >= 0.3 is 0 Å². The minimum absolute atomic E-state index is 0.0382. The minimum Gasteiger partial charge on any atom is -0.457 e. The zero-order valence-corrected chi connectivity index (χ0v) is 19.4. The molecule has 0 unspecified atom stereocenters. The lowest BCUT2D eigenvalue weighted by molar-refractivity contribution is -0.384. The molecule has 0 atom stereocenters. The molecule has 1 fully saturated rings. The topological polar surface area (TPSA) is 123 Å². The van der Waals surface area contributed by atoms with Gasteiger partial charge in [0.1, 0.15) is 18.1 Å². The Morgan fingerprint density at radius 3 is 2.53 bits per heavy atom. The molecule has 2 heterocycles. The maximum Gasteiger partial charge on any atom is 0.294 e. The normalized spacial score (nSPS) is 14.6. The van der Waals surface area contributed by atoms with Crippen LogP contribution >= 0.6 is 11.8 Å². The second-order valence-electron chi connectivity index (χ2n) is 7.85. The molecule has 0 bridgehead atoms. The highest BCUT2D eigenvalue weighted by molar-refractivity contribution is 8.18. The zero-order valence-electron chi connectivity index (χ0n) is 18.5. The van der Waals surface area contributed by atoms with Crippen LogP contribution in [0, 0.1) is 10.1 Å². The van der Waals surface area contributed by atoms with Gasteiger partial charge < -0.3 is 9.73 Å². The second kappa shape index (κ2) is 9.51. The van der Waals surface area contributed by atoms with Gasteiger partial charge in [-0.25, -0.2) is 0 Å². The molecular weight excluding hydrogens is 482 g/mol. The summed E-state index contributed by atoms with van der Waals surface area (Å²) >= 11 is 0.721. The average molecular weight is 500 g/mol. The maximum atomic E-state index is 12.8. The lowest BCUT2D eigenvalue weighted by atomic mass is 10.1. The van der Waals surface area contributed by atoms with E-state index in [0.29, 0.717) is 22.8 Å². The predicted molar refractivity (Wildman–Crippen MR) is 136 cm³/mol. The number of nitrogens with one attached hydrogen (secondary N) is 1. The quantitative estimate of drug-likeness (QED) is 0.206. The first-order chi connectivity index (χ1) is 17.4. The highest BCUT2D eigenvalue weighted by Crippen LogP contribution is 2.33. The Morgan fingerprint density at radius 1 is 1.00 bits per heavy atom. The summed E-state index contributed by atoms with van der Waals surface area (Å²) in [7, 11) is 0. The molecule has 5 rings (SSSR count). The zero-order chi connectivity index (χ0) is 25.2. The third kappa shape index (κ3) is 4.62. The van der Waals surface area contributed by atoms with E-state index >= 15 is 0 Å². The molecule has 0 aliphatic carbocycles. The van der Waals surface area contributed by atoms with E-state index in [-0.39, 0.29) is 10.6 Å². The van der Waals surface area contributed by atoms with Gasteiger partial charge in [-0.2, -0.15) is 0 Å². The summed E-state index contributed by atoms with van der Waals surface area (Å²) in [6, 6.07) is 22.2. The Hall–Kier alpha value is -4.70. The highest BCUT2D eigenvalue weighted by Gasteiger charge is 2.36. The number of amides is 3. The second-order valence-corrected chi connectivity index (χ2v) is 8.84. The summed E-state index contributed by atoms with van der Waals surface area (Å²) in [5.74, 6) is -0.307. The fourth-order valence-electron chi connectivity index (χ4n) is 3.77. The molecule has 0 radical (unpaired) electrons. The molecule has 3 amide bonds. The molecule has 1 N–H and O–H groups in total. The third-order valence-electron chi connectivity index (χ3n) is 5.50. The number of furan rings is 1. The van der Waals surface area contributed by atoms with E-state index in [2.05, 4.69) is 5.32 Å². The Labute approximate surface area is 208 Å². The standard InChI is InChI=1S/C26H17N3O6S/c30-24(27-21-7-3-5-16-4-1-2-6-20(16)21)15-28-25(31)23(36-26(28)32)14-19-12-13-22(35-19)17-8-10-18(11-9-17)29(33)34/h1-14H,15H2,(H,27,30)/b23-14+. The van der Waals surface area contributed by atoms with Crippen LogP contribution in [-0.4, -0.2) is 33.4 Å². The molecule has 10 heteroatoms. The number of hydrogen-bond donors (Lipinski definition) is 1. The SMILES string of the molecule is O=C(CN1C(=O)S/C(=C/c2ccc(-c3ccc([N+](=O)[O-])cc3)o2)C1=O)Nc1cccc2ccccc12. The number of thioether (sulfide) groups is 1. The first-order valence-corrected chi connectivity index (χ1v) is 11.6. The van der Waals surface area contributed by atoms with Crippen LogP contribution < -0.4 is 5.32 Å². The monoisotopic (exact) mass is 499 g/mol. The lowest BCUT2D eigenvalue weighted by Gasteiger charge is -2.13. The van der Waals surface area contributed by atoms with Crippen molar-refractivity contribution in [1.82, 2.24) is 4.90 Å². The van der Waals surface area contributed by atoms with E-state index in [4.69, 9.17) is 4.42 Å². The van der Waals surface area contributed by atoms with Gasteiger partial charge in [-0.05, 0) is 47.5 Å². The van der Waals surface area contributed by atoms with Crippen LogP contribution in [0.3, 0.4) is 0 Å². The molecule has 1 saturated heterocycles. The number of nitrogens with zero attached hydrogens (tertiary/aromatic N) is 2. The number of carbonyl (C=O) groups is 3. The lowest BCUT2D eigenvalue weighted by Crippen LogP contribution is -2.36. The van der Waals surface area contributed by atoms with E-state index in [0.717, 1.165) is 27.4 Å². The number of nitro benzene ring substituents is 1.